The molecule has 3 aromatic heterocycles. The Balaban J connectivity index is 1.46. The molecule has 0 aliphatic carbocycles. The van der Waals surface area contributed by atoms with E-state index in [9.17, 15) is 9.18 Å². The van der Waals surface area contributed by atoms with Crippen LogP contribution in [0.15, 0.2) is 52.4 Å². The third-order valence-electron chi connectivity index (χ3n) is 4.15. The van der Waals surface area contributed by atoms with E-state index in [0.717, 1.165) is 0 Å². The second kappa shape index (κ2) is 9.04. The summed E-state index contributed by atoms with van der Waals surface area (Å²) in [6.07, 6.45) is 2.98. The van der Waals surface area contributed by atoms with Gasteiger partial charge in [-0.05, 0) is 26.0 Å². The predicted molar refractivity (Wildman–Crippen MR) is 109 cm³/mol. The van der Waals surface area contributed by atoms with Gasteiger partial charge in [-0.2, -0.15) is 10.1 Å². The molecule has 0 radical (unpaired) electrons. The molecule has 0 aliphatic heterocycles. The van der Waals surface area contributed by atoms with E-state index in [0.29, 0.717) is 45.1 Å². The number of hydrogen-bond acceptors (Lipinski definition) is 9. The molecule has 0 bridgehead atoms. The number of nitrogens with zero attached hydrogens (tertiary/aromatic N) is 6. The summed E-state index contributed by atoms with van der Waals surface area (Å²) in [7, 11) is 0. The van der Waals surface area contributed by atoms with Crippen molar-refractivity contribution in [3.8, 4) is 17.2 Å². The Bertz CT molecular complexity index is 1230. The number of thioether (sulfide) groups is 1. The van der Waals surface area contributed by atoms with E-state index in [1.165, 1.54) is 34.9 Å². The molecule has 31 heavy (non-hydrogen) atoms. The number of esters is 1. The minimum atomic E-state index is -0.430. The molecule has 0 unspecified atom stereocenters. The van der Waals surface area contributed by atoms with Crippen molar-refractivity contribution in [2.75, 3.05) is 6.61 Å². The fourth-order valence-corrected chi connectivity index (χ4v) is 3.41. The zero-order chi connectivity index (χ0) is 21.8. The summed E-state index contributed by atoms with van der Waals surface area (Å²) < 4.78 is 25.2. The van der Waals surface area contributed by atoms with Gasteiger partial charge in [-0.25, -0.2) is 23.8 Å². The minimum Gasteiger partial charge on any atom is -0.462 e. The summed E-state index contributed by atoms with van der Waals surface area (Å²) in [4.78, 5) is 24.7. The topological polar surface area (TPSA) is 109 Å². The lowest BCUT2D eigenvalue weighted by molar-refractivity contribution is 0.0525. The third kappa shape index (κ3) is 4.77. The Morgan fingerprint density at radius 2 is 2.16 bits per heavy atom. The normalized spacial score (nSPS) is 10.9. The number of aryl methyl sites for hydroxylation is 1. The second-order valence-corrected chi connectivity index (χ2v) is 7.31. The fourth-order valence-electron chi connectivity index (χ4n) is 2.71. The van der Waals surface area contributed by atoms with Gasteiger partial charge in [0.25, 0.3) is 0 Å². The number of halogens is 1. The molecule has 0 saturated heterocycles. The van der Waals surface area contributed by atoms with Crippen LogP contribution in [0.3, 0.4) is 0 Å². The van der Waals surface area contributed by atoms with Gasteiger partial charge in [0.1, 0.15) is 22.7 Å². The van der Waals surface area contributed by atoms with Crippen molar-refractivity contribution < 1.29 is 18.4 Å². The van der Waals surface area contributed by atoms with Gasteiger partial charge in [-0.15, -0.1) is 0 Å². The van der Waals surface area contributed by atoms with Gasteiger partial charge in [0.05, 0.1) is 18.1 Å². The van der Waals surface area contributed by atoms with Gasteiger partial charge in [0.2, 0.25) is 11.7 Å². The van der Waals surface area contributed by atoms with Gasteiger partial charge < -0.3 is 9.26 Å². The Hall–Kier alpha value is -3.60. The van der Waals surface area contributed by atoms with Crippen LogP contribution in [-0.2, 0) is 10.5 Å². The number of rotatable bonds is 7. The molecule has 11 heteroatoms. The van der Waals surface area contributed by atoms with Crippen molar-refractivity contribution in [3.05, 3.63) is 65.8 Å². The lowest BCUT2D eigenvalue weighted by Gasteiger charge is -2.02. The van der Waals surface area contributed by atoms with E-state index in [2.05, 4.69) is 25.2 Å². The third-order valence-corrected chi connectivity index (χ3v) is 5.06. The lowest BCUT2D eigenvalue weighted by atomic mass is 10.2. The molecule has 0 spiro atoms. The van der Waals surface area contributed by atoms with E-state index in [1.54, 1.807) is 38.2 Å². The van der Waals surface area contributed by atoms with Crippen LogP contribution in [0.4, 0.5) is 4.39 Å². The highest BCUT2D eigenvalue weighted by atomic mass is 32.2. The van der Waals surface area contributed by atoms with Gasteiger partial charge in [0, 0.05) is 17.8 Å². The highest BCUT2D eigenvalue weighted by Gasteiger charge is 2.16. The number of benzene rings is 1. The fraction of sp³-hybridized carbons (Fsp3) is 0.200. The highest BCUT2D eigenvalue weighted by Crippen LogP contribution is 2.23. The summed E-state index contributed by atoms with van der Waals surface area (Å²) >= 11 is 1.37. The van der Waals surface area contributed by atoms with E-state index in [4.69, 9.17) is 9.26 Å². The van der Waals surface area contributed by atoms with Crippen molar-refractivity contribution >= 4 is 17.7 Å². The number of hydrogen-bond donors (Lipinski definition) is 0. The monoisotopic (exact) mass is 440 g/mol. The van der Waals surface area contributed by atoms with Crippen LogP contribution in [0.25, 0.3) is 17.2 Å². The average molecular weight is 440 g/mol. The van der Waals surface area contributed by atoms with Crippen molar-refractivity contribution in [1.82, 2.24) is 29.9 Å². The van der Waals surface area contributed by atoms with Crippen LogP contribution in [-0.4, -0.2) is 42.5 Å². The predicted octanol–water partition coefficient (Wildman–Crippen LogP) is 3.63. The van der Waals surface area contributed by atoms with Gasteiger partial charge in [-0.1, -0.05) is 29.1 Å². The second-order valence-electron chi connectivity index (χ2n) is 6.32. The van der Waals surface area contributed by atoms with Gasteiger partial charge in [0.15, 0.2) is 5.82 Å². The first-order valence-electron chi connectivity index (χ1n) is 9.30. The summed E-state index contributed by atoms with van der Waals surface area (Å²) in [5.74, 6) is 0.764. The van der Waals surface area contributed by atoms with Crippen molar-refractivity contribution in [2.24, 2.45) is 0 Å². The molecule has 0 fully saturated rings. The first-order valence-corrected chi connectivity index (χ1v) is 10.3. The first kappa shape index (κ1) is 20.7. The zero-order valence-electron chi connectivity index (χ0n) is 16.6. The largest absolute Gasteiger partial charge is 0.462 e. The maximum absolute atomic E-state index is 13.4. The van der Waals surface area contributed by atoms with Crippen LogP contribution in [0.1, 0.15) is 28.9 Å². The zero-order valence-corrected chi connectivity index (χ0v) is 17.5. The van der Waals surface area contributed by atoms with E-state index in [-0.39, 0.29) is 12.4 Å². The average Bonchev–Trinajstić information content (AvgIpc) is 3.40. The molecule has 0 N–H and O–H groups in total. The molecule has 0 atom stereocenters. The maximum Gasteiger partial charge on any atom is 0.341 e. The molecule has 1 aromatic carbocycles. The van der Waals surface area contributed by atoms with Crippen molar-refractivity contribution in [2.45, 2.75) is 24.6 Å². The van der Waals surface area contributed by atoms with Crippen LogP contribution in [0.2, 0.25) is 0 Å². The Labute approximate surface area is 180 Å². The number of ether oxygens (including phenoxy) is 1. The van der Waals surface area contributed by atoms with Crippen molar-refractivity contribution in [3.63, 3.8) is 0 Å². The molecule has 158 valence electrons. The molecule has 0 saturated carbocycles. The smallest absolute Gasteiger partial charge is 0.341 e. The van der Waals surface area contributed by atoms with Crippen LogP contribution in [0, 0.1) is 12.7 Å². The molecule has 4 rings (SSSR count). The van der Waals surface area contributed by atoms with E-state index in [1.807, 2.05) is 0 Å². The Morgan fingerprint density at radius 1 is 1.29 bits per heavy atom. The molecule has 9 nitrogen and oxygen atoms in total. The van der Waals surface area contributed by atoms with Gasteiger partial charge >= 0.3 is 5.97 Å². The SMILES string of the molecule is CCOC(=O)c1cn(-c2cc(SCc3nc(-c4cccc(F)c4)no3)ncn2)nc1C. The number of carbonyl (C=O) groups excluding carboxylic acids is 1. The number of carbonyl (C=O) groups is 1. The maximum atomic E-state index is 13.4. The molecule has 0 aliphatic rings. The van der Waals surface area contributed by atoms with Crippen LogP contribution >= 0.6 is 11.8 Å². The molecular formula is C20H17FN6O3S. The highest BCUT2D eigenvalue weighted by molar-refractivity contribution is 7.98. The van der Waals surface area contributed by atoms with Crippen molar-refractivity contribution in [1.29, 1.82) is 0 Å². The van der Waals surface area contributed by atoms with Gasteiger partial charge in [-0.3, -0.25) is 0 Å². The summed E-state index contributed by atoms with van der Waals surface area (Å²) in [5, 5.41) is 8.88. The molecule has 0 amide bonds. The summed E-state index contributed by atoms with van der Waals surface area (Å²) in [5.41, 5.74) is 1.46. The minimum absolute atomic E-state index is 0.286. The van der Waals surface area contributed by atoms with Crippen LogP contribution < -0.4 is 0 Å². The number of aromatic nitrogens is 6. The quantitative estimate of drug-likeness (QED) is 0.242. The molecular weight excluding hydrogens is 423 g/mol. The molecule has 4 aromatic rings. The summed E-state index contributed by atoms with van der Waals surface area (Å²) in [6.45, 7) is 3.76. The van der Waals surface area contributed by atoms with Crippen LogP contribution in [0.5, 0.6) is 0 Å². The first-order chi connectivity index (χ1) is 15.0. The Kier molecular flexibility index (Phi) is 6.03. The Morgan fingerprint density at radius 3 is 2.97 bits per heavy atom. The van der Waals surface area contributed by atoms with E-state index >= 15 is 0 Å². The van der Waals surface area contributed by atoms with E-state index < -0.39 is 5.97 Å². The molecule has 3 heterocycles. The summed E-state index contributed by atoms with van der Waals surface area (Å²) in [6, 6.07) is 7.72. The lowest BCUT2D eigenvalue weighted by Crippen LogP contribution is -2.04. The standard InChI is InChI=1S/C20H17FN6O3S/c1-3-29-20(28)15-9-27(25-12(15)2)16-8-18(23-11-22-16)31-10-17-24-19(26-30-17)13-5-4-6-14(21)7-13/h4-9,11H,3,10H2,1-2H3.